The van der Waals surface area contributed by atoms with Crippen molar-refractivity contribution in [2.24, 2.45) is 0 Å². The minimum absolute atomic E-state index is 0.375. The van der Waals surface area contributed by atoms with Gasteiger partial charge in [-0.1, -0.05) is 0 Å². The lowest BCUT2D eigenvalue weighted by molar-refractivity contribution is -0.0550. The first-order chi connectivity index (χ1) is 4.55. The van der Waals surface area contributed by atoms with Gasteiger partial charge in [-0.2, -0.15) is 0 Å². The van der Waals surface area contributed by atoms with E-state index in [1.165, 1.54) is 14.1 Å². The summed E-state index contributed by atoms with van der Waals surface area (Å²) in [6, 6.07) is -0.375. The van der Waals surface area contributed by atoms with Gasteiger partial charge in [-0.05, 0) is 0 Å². The lowest BCUT2D eigenvalue weighted by atomic mass is 10.5. The summed E-state index contributed by atoms with van der Waals surface area (Å²) in [6.45, 7) is 0. The maximum Gasteiger partial charge on any atom is 0.323 e. The van der Waals surface area contributed by atoms with Crippen molar-refractivity contribution in [3.63, 3.8) is 0 Å². The Bertz CT molecular complexity index is 145. The van der Waals surface area contributed by atoms with Crippen molar-refractivity contribution in [2.75, 3.05) is 14.1 Å². The van der Waals surface area contributed by atoms with E-state index in [0.29, 0.717) is 0 Å². The minimum Gasteiger partial charge on any atom is -0.369 e. The molecule has 0 spiro atoms. The Kier molecular flexibility index (Phi) is 1.53. The number of carbonyl (C=O) groups excluding carboxylic acids is 1. The second-order valence-corrected chi connectivity index (χ2v) is 2.33. The maximum atomic E-state index is 10.9. The summed E-state index contributed by atoms with van der Waals surface area (Å²) >= 11 is 0. The molecule has 2 N–H and O–H groups in total. The predicted molar refractivity (Wildman–Crippen MR) is 32.9 cm³/mol. The van der Waals surface area contributed by atoms with Gasteiger partial charge in [-0.25, -0.2) is 4.79 Å². The van der Waals surface area contributed by atoms with Crippen molar-refractivity contribution in [3.8, 4) is 0 Å². The number of hydrogen-bond acceptors (Lipinski definition) is 3. The fourth-order valence-electron chi connectivity index (χ4n) is 0.875. The third-order valence-electron chi connectivity index (χ3n) is 1.66. The van der Waals surface area contributed by atoms with Gasteiger partial charge in [-0.15, -0.1) is 0 Å². The highest BCUT2D eigenvalue weighted by molar-refractivity contribution is 5.76. The first kappa shape index (κ1) is 7.30. The van der Waals surface area contributed by atoms with Crippen molar-refractivity contribution in [1.82, 2.24) is 9.80 Å². The molecule has 1 aliphatic rings. The number of hydrogen-bond donors (Lipinski definition) is 2. The molecule has 2 amide bonds. The highest BCUT2D eigenvalue weighted by Crippen LogP contribution is 2.14. The number of urea groups is 1. The molecule has 1 saturated heterocycles. The Morgan fingerprint density at radius 1 is 1.20 bits per heavy atom. The average Bonchev–Trinajstić information content (AvgIpc) is 2.07. The molecule has 5 nitrogen and oxygen atoms in total. The maximum absolute atomic E-state index is 10.9. The molecule has 0 unspecified atom stereocenters. The molecule has 1 rings (SSSR count). The van der Waals surface area contributed by atoms with Gasteiger partial charge in [0.1, 0.15) is 0 Å². The monoisotopic (exact) mass is 146 g/mol. The molecule has 5 heteroatoms. The van der Waals surface area contributed by atoms with E-state index in [2.05, 4.69) is 0 Å². The zero-order valence-electron chi connectivity index (χ0n) is 5.85. The molecule has 0 aromatic rings. The molecule has 0 aromatic carbocycles. The molecule has 0 saturated carbocycles. The summed E-state index contributed by atoms with van der Waals surface area (Å²) in [6.07, 6.45) is -2.20. The molecule has 1 aliphatic heterocycles. The fraction of sp³-hybridized carbons (Fsp3) is 0.800. The summed E-state index contributed by atoms with van der Waals surface area (Å²) in [5.41, 5.74) is 0. The zero-order chi connectivity index (χ0) is 7.89. The highest BCUT2D eigenvalue weighted by Gasteiger charge is 2.39. The van der Waals surface area contributed by atoms with Gasteiger partial charge in [0.15, 0.2) is 12.5 Å². The molecule has 0 aromatic heterocycles. The van der Waals surface area contributed by atoms with Crippen LogP contribution in [0, 0.1) is 0 Å². The van der Waals surface area contributed by atoms with Crippen LogP contribution in [0.15, 0.2) is 0 Å². The van der Waals surface area contributed by atoms with Crippen LogP contribution < -0.4 is 0 Å². The number of rotatable bonds is 0. The number of carbonyl (C=O) groups is 1. The van der Waals surface area contributed by atoms with E-state index in [4.69, 9.17) is 10.2 Å². The van der Waals surface area contributed by atoms with Crippen LogP contribution in [0.2, 0.25) is 0 Å². The third-order valence-corrected chi connectivity index (χ3v) is 1.66. The van der Waals surface area contributed by atoms with E-state index < -0.39 is 12.5 Å². The Labute approximate surface area is 58.5 Å². The summed E-state index contributed by atoms with van der Waals surface area (Å²) in [5, 5.41) is 18.0. The van der Waals surface area contributed by atoms with Crippen molar-refractivity contribution in [1.29, 1.82) is 0 Å². The standard InChI is InChI=1S/C5H10N2O3/c1-6-3(8)4(9)7(2)5(6)10/h3-4,8-9H,1-2H3/t3-,4+. The molecule has 0 bridgehead atoms. The highest BCUT2D eigenvalue weighted by atomic mass is 16.4. The molecular weight excluding hydrogens is 136 g/mol. The van der Waals surface area contributed by atoms with Crippen LogP contribution in [0.4, 0.5) is 4.79 Å². The van der Waals surface area contributed by atoms with Crippen molar-refractivity contribution < 1.29 is 15.0 Å². The van der Waals surface area contributed by atoms with Crippen molar-refractivity contribution in [3.05, 3.63) is 0 Å². The second kappa shape index (κ2) is 2.10. The van der Waals surface area contributed by atoms with E-state index in [-0.39, 0.29) is 6.03 Å². The van der Waals surface area contributed by atoms with Crippen molar-refractivity contribution >= 4 is 6.03 Å². The molecular formula is C5H10N2O3. The van der Waals surface area contributed by atoms with E-state index >= 15 is 0 Å². The first-order valence-electron chi connectivity index (χ1n) is 2.91. The van der Waals surface area contributed by atoms with Crippen LogP contribution in [0.1, 0.15) is 0 Å². The Morgan fingerprint density at radius 2 is 1.50 bits per heavy atom. The topological polar surface area (TPSA) is 64.0 Å². The second-order valence-electron chi connectivity index (χ2n) is 2.33. The smallest absolute Gasteiger partial charge is 0.323 e. The molecule has 0 radical (unpaired) electrons. The zero-order valence-corrected chi connectivity index (χ0v) is 5.85. The van der Waals surface area contributed by atoms with Crippen LogP contribution in [0.5, 0.6) is 0 Å². The Balaban J connectivity index is 2.78. The quantitative estimate of drug-likeness (QED) is 0.442. The van der Waals surface area contributed by atoms with Gasteiger partial charge in [0.25, 0.3) is 0 Å². The first-order valence-corrected chi connectivity index (χ1v) is 2.91. The van der Waals surface area contributed by atoms with Crippen LogP contribution >= 0.6 is 0 Å². The van der Waals surface area contributed by atoms with Crippen LogP contribution in [0.25, 0.3) is 0 Å². The molecule has 2 atom stereocenters. The normalized spacial score (nSPS) is 33.8. The summed E-state index contributed by atoms with van der Waals surface area (Å²) < 4.78 is 0. The number of nitrogens with zero attached hydrogens (tertiary/aromatic N) is 2. The average molecular weight is 146 g/mol. The SMILES string of the molecule is CN1C(=O)N(C)[C@@H](O)[C@H]1O. The molecule has 10 heavy (non-hydrogen) atoms. The van der Waals surface area contributed by atoms with Gasteiger partial charge in [0.05, 0.1) is 0 Å². The summed E-state index contributed by atoms with van der Waals surface area (Å²) in [5.74, 6) is 0. The Hall–Kier alpha value is -0.810. The van der Waals surface area contributed by atoms with E-state index in [1.807, 2.05) is 0 Å². The van der Waals surface area contributed by atoms with Gasteiger partial charge in [-0.3, -0.25) is 9.80 Å². The number of aliphatic hydroxyl groups excluding tert-OH is 2. The number of amides is 2. The fourth-order valence-corrected chi connectivity index (χ4v) is 0.875. The van der Waals surface area contributed by atoms with Crippen LogP contribution in [0.3, 0.4) is 0 Å². The molecule has 0 aliphatic carbocycles. The lowest BCUT2D eigenvalue weighted by Crippen LogP contribution is -2.34. The van der Waals surface area contributed by atoms with Gasteiger partial charge >= 0.3 is 6.03 Å². The number of likely N-dealkylation sites (N-methyl/N-ethyl adjacent to an activating group) is 2. The molecule has 1 fully saturated rings. The molecule has 1 heterocycles. The predicted octanol–water partition coefficient (Wildman–Crippen LogP) is -1.38. The van der Waals surface area contributed by atoms with Crippen LogP contribution in [-0.4, -0.2) is 52.6 Å². The summed E-state index contributed by atoms with van der Waals surface area (Å²) in [7, 11) is 2.86. The number of aliphatic hydroxyl groups is 2. The van der Waals surface area contributed by atoms with E-state index in [0.717, 1.165) is 9.80 Å². The lowest BCUT2D eigenvalue weighted by Gasteiger charge is -2.13. The van der Waals surface area contributed by atoms with E-state index in [9.17, 15) is 4.79 Å². The van der Waals surface area contributed by atoms with E-state index in [1.54, 1.807) is 0 Å². The minimum atomic E-state index is -1.10. The van der Waals surface area contributed by atoms with Gasteiger partial charge in [0.2, 0.25) is 0 Å². The summed E-state index contributed by atoms with van der Waals surface area (Å²) in [4.78, 5) is 13.0. The largest absolute Gasteiger partial charge is 0.369 e. The van der Waals surface area contributed by atoms with Gasteiger partial charge < -0.3 is 10.2 Å². The van der Waals surface area contributed by atoms with Crippen LogP contribution in [-0.2, 0) is 0 Å². The Morgan fingerprint density at radius 3 is 1.60 bits per heavy atom. The molecule has 58 valence electrons. The van der Waals surface area contributed by atoms with Crippen molar-refractivity contribution in [2.45, 2.75) is 12.5 Å². The third kappa shape index (κ3) is 0.748. The van der Waals surface area contributed by atoms with Gasteiger partial charge in [0, 0.05) is 14.1 Å².